The van der Waals surface area contributed by atoms with Crippen LogP contribution < -0.4 is 27.2 Å². The minimum Gasteiger partial charge on any atom is -0.369 e. The van der Waals surface area contributed by atoms with Gasteiger partial charge < -0.3 is 16.4 Å². The fourth-order valence-corrected chi connectivity index (χ4v) is 4.28. The molecule has 8 nitrogen and oxygen atoms in total. The van der Waals surface area contributed by atoms with Gasteiger partial charge in [-0.15, -0.1) is 0 Å². The number of hydrogen-bond acceptors (Lipinski definition) is 6. The van der Waals surface area contributed by atoms with E-state index in [1.165, 1.54) is 0 Å². The zero-order chi connectivity index (χ0) is 18.0. The smallest absolute Gasteiger partial charge is 0.238 e. The van der Waals surface area contributed by atoms with Gasteiger partial charge in [-0.1, -0.05) is 13.8 Å². The Hall–Kier alpha value is -1.22. The summed E-state index contributed by atoms with van der Waals surface area (Å²) in [5.74, 6) is 0.319. The highest BCUT2D eigenvalue weighted by atomic mass is 16.2. The first-order valence-corrected chi connectivity index (χ1v) is 9.51. The van der Waals surface area contributed by atoms with Crippen LogP contribution >= 0.6 is 0 Å². The van der Waals surface area contributed by atoms with Gasteiger partial charge in [0, 0.05) is 25.8 Å². The fourth-order valence-electron chi connectivity index (χ4n) is 4.28. The van der Waals surface area contributed by atoms with Gasteiger partial charge in [-0.25, -0.2) is 10.9 Å². The van der Waals surface area contributed by atoms with Crippen LogP contribution in [0.3, 0.4) is 0 Å². The number of amides is 2. The van der Waals surface area contributed by atoms with Crippen molar-refractivity contribution in [1.82, 2.24) is 26.4 Å². The molecular formula is C17H32N6O2. The van der Waals surface area contributed by atoms with Gasteiger partial charge in [-0.05, 0) is 37.5 Å². The minimum absolute atomic E-state index is 0.0384. The Morgan fingerprint density at radius 3 is 2.48 bits per heavy atom. The molecule has 142 valence electrons. The third-order valence-electron chi connectivity index (χ3n) is 6.20. The number of rotatable bonds is 4. The van der Waals surface area contributed by atoms with Crippen LogP contribution in [0.25, 0.3) is 0 Å². The molecule has 3 fully saturated rings. The van der Waals surface area contributed by atoms with Crippen LogP contribution in [-0.4, -0.2) is 54.7 Å². The lowest BCUT2D eigenvalue weighted by Crippen LogP contribution is -2.63. The second-order valence-electron chi connectivity index (χ2n) is 7.95. The molecule has 0 bridgehead atoms. The molecule has 2 aliphatic heterocycles. The van der Waals surface area contributed by atoms with E-state index in [4.69, 9.17) is 5.73 Å². The van der Waals surface area contributed by atoms with Gasteiger partial charge in [0.1, 0.15) is 6.04 Å². The van der Waals surface area contributed by atoms with Gasteiger partial charge >= 0.3 is 0 Å². The normalized spacial score (nSPS) is 39.9. The van der Waals surface area contributed by atoms with E-state index in [-0.39, 0.29) is 36.0 Å². The Labute approximate surface area is 149 Å². The van der Waals surface area contributed by atoms with Crippen LogP contribution in [0, 0.1) is 17.8 Å². The van der Waals surface area contributed by atoms with Gasteiger partial charge in [0.15, 0.2) is 0 Å². The van der Waals surface area contributed by atoms with Crippen LogP contribution in [0.1, 0.15) is 39.5 Å². The summed E-state index contributed by atoms with van der Waals surface area (Å²) in [6, 6.07) is -0.423. The van der Waals surface area contributed by atoms with E-state index in [2.05, 4.69) is 40.2 Å². The van der Waals surface area contributed by atoms with Crippen molar-refractivity contribution in [2.24, 2.45) is 23.5 Å². The third-order valence-corrected chi connectivity index (χ3v) is 6.20. The van der Waals surface area contributed by atoms with Crippen LogP contribution in [0.15, 0.2) is 0 Å². The summed E-state index contributed by atoms with van der Waals surface area (Å²) in [4.78, 5) is 26.8. The van der Waals surface area contributed by atoms with Gasteiger partial charge in [0.05, 0.1) is 12.1 Å². The molecule has 0 aromatic heterocycles. The first kappa shape index (κ1) is 18.6. The standard InChI is InChI=1S/C17H32N6O2/c1-10-7-12(16(18)24)14(8-11(10)2)20-17(25)13-3-4-15(22-21-13)23-6-5-19-9-23/h10-15,19,21-22H,3-9H2,1-2H3,(H2,18,24)(H,20,25). The van der Waals surface area contributed by atoms with Crippen molar-refractivity contribution in [1.29, 1.82) is 0 Å². The molecule has 2 saturated heterocycles. The number of hydrazine groups is 1. The molecule has 2 heterocycles. The molecule has 6 unspecified atom stereocenters. The van der Waals surface area contributed by atoms with E-state index in [9.17, 15) is 9.59 Å². The zero-order valence-corrected chi connectivity index (χ0v) is 15.3. The summed E-state index contributed by atoms with van der Waals surface area (Å²) in [7, 11) is 0. The van der Waals surface area contributed by atoms with E-state index in [0.29, 0.717) is 11.8 Å². The number of primary amides is 1. The Balaban J connectivity index is 1.52. The largest absolute Gasteiger partial charge is 0.369 e. The maximum Gasteiger partial charge on any atom is 0.238 e. The molecule has 6 atom stereocenters. The lowest BCUT2D eigenvalue weighted by molar-refractivity contribution is -0.129. The molecule has 0 aromatic rings. The second-order valence-corrected chi connectivity index (χ2v) is 7.95. The highest BCUT2D eigenvalue weighted by Crippen LogP contribution is 2.33. The Morgan fingerprint density at radius 2 is 1.88 bits per heavy atom. The maximum absolute atomic E-state index is 12.7. The van der Waals surface area contributed by atoms with E-state index in [1.807, 2.05) is 0 Å². The van der Waals surface area contributed by atoms with Crippen LogP contribution in [0.2, 0.25) is 0 Å². The molecule has 1 aliphatic carbocycles. The highest BCUT2D eigenvalue weighted by Gasteiger charge is 2.38. The van der Waals surface area contributed by atoms with E-state index < -0.39 is 0 Å². The van der Waals surface area contributed by atoms with Crippen molar-refractivity contribution in [3.8, 4) is 0 Å². The lowest BCUT2D eigenvalue weighted by atomic mass is 9.72. The monoisotopic (exact) mass is 352 g/mol. The molecule has 25 heavy (non-hydrogen) atoms. The SMILES string of the molecule is CC1CC(NC(=O)C2CCC(N3CCNC3)NN2)C(C(N)=O)CC1C. The van der Waals surface area contributed by atoms with Crippen molar-refractivity contribution in [2.45, 2.75) is 57.8 Å². The van der Waals surface area contributed by atoms with E-state index >= 15 is 0 Å². The Kier molecular flexibility index (Phi) is 5.93. The average molecular weight is 352 g/mol. The molecule has 1 saturated carbocycles. The first-order chi connectivity index (χ1) is 12.0. The summed E-state index contributed by atoms with van der Waals surface area (Å²) in [6.07, 6.45) is 3.52. The molecule has 0 aromatic carbocycles. The third kappa shape index (κ3) is 4.31. The summed E-state index contributed by atoms with van der Waals surface area (Å²) >= 11 is 0. The molecule has 3 rings (SSSR count). The number of nitrogens with two attached hydrogens (primary N) is 1. The molecule has 2 amide bonds. The van der Waals surface area contributed by atoms with Gasteiger partial charge in [-0.3, -0.25) is 14.5 Å². The van der Waals surface area contributed by atoms with Crippen molar-refractivity contribution < 1.29 is 9.59 Å². The number of hydrogen-bond donors (Lipinski definition) is 5. The van der Waals surface area contributed by atoms with Gasteiger partial charge in [0.25, 0.3) is 0 Å². The highest BCUT2D eigenvalue weighted by molar-refractivity contribution is 5.84. The Morgan fingerprint density at radius 1 is 1.12 bits per heavy atom. The number of carbonyl (C=O) groups excluding carboxylic acids is 2. The molecule has 0 spiro atoms. The second kappa shape index (κ2) is 7.99. The lowest BCUT2D eigenvalue weighted by Gasteiger charge is -2.39. The van der Waals surface area contributed by atoms with Crippen molar-refractivity contribution >= 4 is 11.8 Å². The minimum atomic E-state index is -0.305. The summed E-state index contributed by atoms with van der Waals surface area (Å²) < 4.78 is 0. The molecule has 0 radical (unpaired) electrons. The van der Waals surface area contributed by atoms with E-state index in [0.717, 1.165) is 45.4 Å². The van der Waals surface area contributed by atoms with E-state index in [1.54, 1.807) is 0 Å². The van der Waals surface area contributed by atoms with Crippen molar-refractivity contribution in [3.63, 3.8) is 0 Å². The van der Waals surface area contributed by atoms with Gasteiger partial charge in [0.2, 0.25) is 11.8 Å². The molecule has 8 heteroatoms. The average Bonchev–Trinajstić information content (AvgIpc) is 3.12. The number of nitrogens with zero attached hydrogens (tertiary/aromatic N) is 1. The number of carbonyl (C=O) groups is 2. The zero-order valence-electron chi connectivity index (χ0n) is 15.3. The fraction of sp³-hybridized carbons (Fsp3) is 0.882. The molecule has 3 aliphatic rings. The maximum atomic E-state index is 12.7. The van der Waals surface area contributed by atoms with Crippen LogP contribution in [0.4, 0.5) is 0 Å². The van der Waals surface area contributed by atoms with Crippen LogP contribution in [0.5, 0.6) is 0 Å². The predicted octanol–water partition coefficient (Wildman–Crippen LogP) is -0.916. The van der Waals surface area contributed by atoms with Gasteiger partial charge in [-0.2, -0.15) is 0 Å². The first-order valence-electron chi connectivity index (χ1n) is 9.51. The van der Waals surface area contributed by atoms with Crippen LogP contribution in [-0.2, 0) is 9.59 Å². The summed E-state index contributed by atoms with van der Waals surface area (Å²) in [5.41, 5.74) is 12.0. The molecule has 6 N–H and O–H groups in total. The Bertz CT molecular complexity index is 488. The molecular weight excluding hydrogens is 320 g/mol. The summed E-state index contributed by atoms with van der Waals surface area (Å²) in [6.45, 7) is 7.24. The summed E-state index contributed by atoms with van der Waals surface area (Å²) in [5, 5.41) is 6.40. The number of nitrogens with one attached hydrogen (secondary N) is 4. The quantitative estimate of drug-likeness (QED) is 0.448. The van der Waals surface area contributed by atoms with Crippen molar-refractivity contribution in [2.75, 3.05) is 19.8 Å². The van der Waals surface area contributed by atoms with Crippen molar-refractivity contribution in [3.05, 3.63) is 0 Å². The predicted molar refractivity (Wildman–Crippen MR) is 94.8 cm³/mol. The topological polar surface area (TPSA) is 112 Å².